The number of ether oxygens (including phenoxy) is 1. The number of nitrogens with one attached hydrogen (secondary N) is 3. The third-order valence-electron chi connectivity index (χ3n) is 6.71. The molecule has 0 radical (unpaired) electrons. The first kappa shape index (κ1) is 33.5. The fraction of sp³-hybridized carbons (Fsp3) is 0.167. The van der Waals surface area contributed by atoms with Gasteiger partial charge in [-0.3, -0.25) is 14.4 Å². The van der Waals surface area contributed by atoms with Crippen molar-refractivity contribution in [3.05, 3.63) is 126 Å². The number of hydrogen-bond acceptors (Lipinski definition) is 7. The summed E-state index contributed by atoms with van der Waals surface area (Å²) in [6.45, 7) is 3.82. The van der Waals surface area contributed by atoms with Gasteiger partial charge in [0, 0.05) is 41.6 Å². The Labute approximate surface area is 273 Å². The van der Waals surface area contributed by atoms with Crippen LogP contribution in [-0.2, 0) is 14.3 Å². The molecule has 0 bridgehead atoms. The zero-order valence-electron chi connectivity index (χ0n) is 26.1. The van der Waals surface area contributed by atoms with Gasteiger partial charge in [-0.25, -0.2) is 4.79 Å². The van der Waals surface area contributed by atoms with Gasteiger partial charge >= 0.3 is 5.97 Å². The van der Waals surface area contributed by atoms with Crippen LogP contribution in [0.3, 0.4) is 0 Å². The number of anilines is 3. The van der Waals surface area contributed by atoms with Gasteiger partial charge in [0.15, 0.2) is 0 Å². The molecule has 1 unspecified atom stereocenters. The Kier molecular flexibility index (Phi) is 11.7. The first-order chi connectivity index (χ1) is 22.1. The normalized spacial score (nSPS) is 11.6. The zero-order valence-corrected chi connectivity index (χ0v) is 26.9. The number of carbonyl (C=O) groups is 4. The van der Waals surface area contributed by atoms with Crippen molar-refractivity contribution in [1.29, 1.82) is 0 Å². The monoisotopic (exact) mass is 636 g/mol. The van der Waals surface area contributed by atoms with Crippen LogP contribution in [0.2, 0.25) is 0 Å². The molecule has 10 heteroatoms. The Hall–Kier alpha value is -5.35. The number of amides is 3. The molecule has 0 spiro atoms. The minimum absolute atomic E-state index is 0.0884. The quantitative estimate of drug-likeness (QED) is 0.0929. The number of benzene rings is 4. The molecular formula is C36H36N4O5S. The van der Waals surface area contributed by atoms with Gasteiger partial charge in [0.2, 0.25) is 5.91 Å². The Morgan fingerprint density at radius 3 is 2.00 bits per heavy atom. The van der Waals surface area contributed by atoms with Crippen molar-refractivity contribution in [3.8, 4) is 0 Å². The predicted octanol–water partition coefficient (Wildman–Crippen LogP) is 6.46. The molecule has 3 amide bonds. The fourth-order valence-corrected chi connectivity index (χ4v) is 5.07. The molecular weight excluding hydrogens is 600 g/mol. The first-order valence-electron chi connectivity index (χ1n) is 14.6. The molecule has 0 aliphatic rings. The highest BCUT2D eigenvalue weighted by Crippen LogP contribution is 2.26. The topological polar surface area (TPSA) is 117 Å². The Morgan fingerprint density at radius 1 is 0.783 bits per heavy atom. The van der Waals surface area contributed by atoms with Crippen molar-refractivity contribution in [2.45, 2.75) is 24.0 Å². The van der Waals surface area contributed by atoms with E-state index in [1.807, 2.05) is 61.5 Å². The maximum absolute atomic E-state index is 13.4. The van der Waals surface area contributed by atoms with E-state index in [0.29, 0.717) is 22.5 Å². The average Bonchev–Trinajstić information content (AvgIpc) is 3.06. The fourth-order valence-electron chi connectivity index (χ4n) is 4.20. The largest absolute Gasteiger partial charge is 0.462 e. The van der Waals surface area contributed by atoms with Gasteiger partial charge in [-0.15, -0.1) is 11.8 Å². The van der Waals surface area contributed by atoms with E-state index in [-0.39, 0.29) is 18.2 Å². The second kappa shape index (κ2) is 16.1. The summed E-state index contributed by atoms with van der Waals surface area (Å²) in [5.41, 5.74) is 3.78. The van der Waals surface area contributed by atoms with E-state index >= 15 is 0 Å². The van der Waals surface area contributed by atoms with Crippen molar-refractivity contribution in [3.63, 3.8) is 0 Å². The smallest absolute Gasteiger partial charge is 0.338 e. The lowest BCUT2D eigenvalue weighted by molar-refractivity contribution is -0.115. The van der Waals surface area contributed by atoms with Crippen molar-refractivity contribution in [2.75, 3.05) is 36.2 Å². The lowest BCUT2D eigenvalue weighted by atomic mass is 10.1. The van der Waals surface area contributed by atoms with Gasteiger partial charge in [0.1, 0.15) is 5.70 Å². The highest BCUT2D eigenvalue weighted by atomic mass is 32.2. The molecule has 0 saturated carbocycles. The maximum Gasteiger partial charge on any atom is 0.338 e. The average molecular weight is 637 g/mol. The van der Waals surface area contributed by atoms with E-state index in [0.717, 1.165) is 16.1 Å². The van der Waals surface area contributed by atoms with Gasteiger partial charge in [0.05, 0.1) is 17.4 Å². The highest BCUT2D eigenvalue weighted by molar-refractivity contribution is 8.00. The third-order valence-corrected chi connectivity index (χ3v) is 7.82. The third kappa shape index (κ3) is 9.57. The van der Waals surface area contributed by atoms with Crippen LogP contribution in [0.25, 0.3) is 6.08 Å². The van der Waals surface area contributed by atoms with Crippen LogP contribution in [0.5, 0.6) is 0 Å². The highest BCUT2D eigenvalue weighted by Gasteiger charge is 2.17. The number of nitrogens with zero attached hydrogens (tertiary/aromatic N) is 1. The maximum atomic E-state index is 13.4. The van der Waals surface area contributed by atoms with Crippen LogP contribution in [0.15, 0.2) is 114 Å². The number of hydrogen-bond donors (Lipinski definition) is 3. The lowest BCUT2D eigenvalue weighted by Crippen LogP contribution is -2.30. The second-order valence-corrected chi connectivity index (χ2v) is 11.8. The van der Waals surface area contributed by atoms with Gasteiger partial charge in [-0.2, -0.15) is 0 Å². The lowest BCUT2D eigenvalue weighted by Gasteiger charge is -2.14. The van der Waals surface area contributed by atoms with Crippen LogP contribution in [-0.4, -0.2) is 49.6 Å². The Morgan fingerprint density at radius 2 is 1.39 bits per heavy atom. The summed E-state index contributed by atoms with van der Waals surface area (Å²) >= 11 is 1.36. The van der Waals surface area contributed by atoms with Gasteiger partial charge < -0.3 is 25.6 Å². The van der Waals surface area contributed by atoms with E-state index < -0.39 is 23.0 Å². The minimum Gasteiger partial charge on any atom is -0.462 e. The van der Waals surface area contributed by atoms with Crippen LogP contribution in [0, 0.1) is 0 Å². The molecule has 4 rings (SSSR count). The second-order valence-electron chi connectivity index (χ2n) is 10.4. The van der Waals surface area contributed by atoms with Crippen LogP contribution >= 0.6 is 11.8 Å². The SMILES string of the molecule is CCOC(=O)c1ccc(NC(=O)C(C)Sc2ccc(NC(=O)/C(=C/c3ccc(N(C)C)cc3)NC(=O)c3ccccc3)cc2)cc1. The van der Waals surface area contributed by atoms with E-state index in [4.69, 9.17) is 4.74 Å². The number of carbonyl (C=O) groups excluding carboxylic acids is 4. The molecule has 0 heterocycles. The molecule has 0 aromatic heterocycles. The van der Waals surface area contributed by atoms with Crippen molar-refractivity contribution in [2.24, 2.45) is 0 Å². The predicted molar refractivity (Wildman–Crippen MR) is 184 cm³/mol. The molecule has 1 atom stereocenters. The molecule has 9 nitrogen and oxygen atoms in total. The van der Waals surface area contributed by atoms with E-state index in [1.165, 1.54) is 11.8 Å². The number of rotatable bonds is 12. The van der Waals surface area contributed by atoms with Crippen molar-refractivity contribution in [1.82, 2.24) is 5.32 Å². The Bertz CT molecular complexity index is 1690. The summed E-state index contributed by atoms with van der Waals surface area (Å²) in [5.74, 6) is -1.50. The van der Waals surface area contributed by atoms with Crippen LogP contribution in [0.1, 0.15) is 40.1 Å². The molecule has 4 aromatic rings. The molecule has 46 heavy (non-hydrogen) atoms. The zero-order chi connectivity index (χ0) is 33.1. The van der Waals surface area contributed by atoms with E-state index in [9.17, 15) is 19.2 Å². The molecule has 0 aliphatic carbocycles. The van der Waals surface area contributed by atoms with Crippen molar-refractivity contribution >= 4 is 58.6 Å². The van der Waals surface area contributed by atoms with E-state index in [1.54, 1.807) is 80.6 Å². The molecule has 0 fully saturated rings. The van der Waals surface area contributed by atoms with Crippen LogP contribution < -0.4 is 20.9 Å². The summed E-state index contributed by atoms with van der Waals surface area (Å²) in [7, 11) is 3.89. The number of thioether (sulfide) groups is 1. The van der Waals surface area contributed by atoms with Gasteiger partial charge in [-0.05, 0) is 98.3 Å². The number of esters is 1. The van der Waals surface area contributed by atoms with Gasteiger partial charge in [-0.1, -0.05) is 30.3 Å². The Balaban J connectivity index is 1.40. The summed E-state index contributed by atoms with van der Waals surface area (Å²) in [4.78, 5) is 53.8. The summed E-state index contributed by atoms with van der Waals surface area (Å²) in [5, 5.41) is 8.03. The molecule has 3 N–H and O–H groups in total. The van der Waals surface area contributed by atoms with Crippen molar-refractivity contribution < 1.29 is 23.9 Å². The molecule has 0 saturated heterocycles. The molecule has 0 aliphatic heterocycles. The molecule has 4 aromatic carbocycles. The van der Waals surface area contributed by atoms with E-state index in [2.05, 4.69) is 16.0 Å². The summed E-state index contributed by atoms with van der Waals surface area (Å²) in [6.07, 6.45) is 1.63. The van der Waals surface area contributed by atoms with Gasteiger partial charge in [0.25, 0.3) is 11.8 Å². The minimum atomic E-state index is -0.483. The molecule has 236 valence electrons. The summed E-state index contributed by atoms with van der Waals surface area (Å²) in [6, 6.07) is 29.9. The standard InChI is InChI=1S/C36H36N4O5S/c1-5-45-36(44)27-13-15-28(16-14-27)37-33(41)24(2)46-31-21-17-29(18-22-31)38-35(43)32(39-34(42)26-9-7-6-8-10-26)23-25-11-19-30(20-12-25)40(3)4/h6-24H,5H2,1-4H3,(H,37,41)(H,38,43)(H,39,42)/b32-23-. The summed E-state index contributed by atoms with van der Waals surface area (Å²) < 4.78 is 4.99. The first-order valence-corrected chi connectivity index (χ1v) is 15.5. The van der Waals surface area contributed by atoms with Crippen LogP contribution in [0.4, 0.5) is 17.1 Å².